The van der Waals surface area contributed by atoms with Crippen molar-refractivity contribution in [3.05, 3.63) is 0 Å². The van der Waals surface area contributed by atoms with E-state index in [9.17, 15) is 4.79 Å². The average Bonchev–Trinajstić information content (AvgIpc) is 2.29. The first kappa shape index (κ1) is 12.2. The number of carboxylic acids is 1. The van der Waals surface area contributed by atoms with Crippen LogP contribution in [0.1, 0.15) is 32.1 Å². The molecule has 0 radical (unpaired) electrons. The second-order valence-corrected chi connectivity index (χ2v) is 5.94. The van der Waals surface area contributed by atoms with E-state index in [4.69, 9.17) is 5.11 Å². The Kier molecular flexibility index (Phi) is 4.53. The molecule has 0 saturated carbocycles. The van der Waals surface area contributed by atoms with Crippen LogP contribution < -0.4 is 0 Å². The maximum atomic E-state index is 10.5. The number of piperidine rings is 2. The van der Waals surface area contributed by atoms with Crippen molar-refractivity contribution in [1.29, 1.82) is 0 Å². The van der Waals surface area contributed by atoms with Gasteiger partial charge in [0.15, 0.2) is 0 Å². The number of aliphatic carboxylic acids is 1. The van der Waals surface area contributed by atoms with Gasteiger partial charge < -0.3 is 10.0 Å². The molecule has 0 amide bonds. The highest BCUT2D eigenvalue weighted by atomic mass is 32.2. The maximum Gasteiger partial charge on any atom is 0.313 e. The van der Waals surface area contributed by atoms with Crippen molar-refractivity contribution in [1.82, 2.24) is 4.90 Å². The van der Waals surface area contributed by atoms with Crippen molar-refractivity contribution in [2.24, 2.45) is 5.92 Å². The van der Waals surface area contributed by atoms with Crippen LogP contribution in [0.4, 0.5) is 0 Å². The van der Waals surface area contributed by atoms with E-state index in [0.717, 1.165) is 17.7 Å². The predicted molar refractivity (Wildman–Crippen MR) is 66.9 cm³/mol. The third-order valence-electron chi connectivity index (χ3n) is 3.79. The number of carbonyl (C=O) groups is 1. The molecular weight excluding hydrogens is 222 g/mol. The van der Waals surface area contributed by atoms with Crippen LogP contribution in [0.3, 0.4) is 0 Å². The van der Waals surface area contributed by atoms with E-state index in [2.05, 4.69) is 4.90 Å². The Labute approximate surface area is 102 Å². The van der Waals surface area contributed by atoms with E-state index in [0.29, 0.717) is 0 Å². The Hall–Kier alpha value is -0.220. The van der Waals surface area contributed by atoms with Gasteiger partial charge >= 0.3 is 5.97 Å². The van der Waals surface area contributed by atoms with Gasteiger partial charge in [0.1, 0.15) is 0 Å². The fraction of sp³-hybridized carbons (Fsp3) is 0.917. The number of thioether (sulfide) groups is 1. The standard InChI is InChI=1S/C12H21NO2S/c14-12(15)9-16-8-10-4-3-7-13-6-2-1-5-11(10)13/h10-11H,1-9H2,(H,14,15)/t10-,11?/m0/s1. The SMILES string of the molecule is O=C(O)CSC[C@@H]1CCCN2CCCCC12. The first-order chi connectivity index (χ1) is 7.77. The molecule has 2 heterocycles. The van der Waals surface area contributed by atoms with Gasteiger partial charge in [-0.05, 0) is 50.4 Å². The molecule has 1 unspecified atom stereocenters. The van der Waals surface area contributed by atoms with Crippen LogP contribution in [0.5, 0.6) is 0 Å². The predicted octanol–water partition coefficient (Wildman–Crippen LogP) is 2.07. The number of carboxylic acid groups (broad SMARTS) is 1. The molecule has 2 saturated heterocycles. The molecule has 0 aliphatic carbocycles. The van der Waals surface area contributed by atoms with E-state index in [1.54, 1.807) is 11.8 Å². The summed E-state index contributed by atoms with van der Waals surface area (Å²) in [6, 6.07) is 0.754. The summed E-state index contributed by atoms with van der Waals surface area (Å²) in [6.45, 7) is 2.54. The first-order valence-electron chi connectivity index (χ1n) is 6.31. The highest BCUT2D eigenvalue weighted by Crippen LogP contribution is 2.32. The molecule has 2 rings (SSSR count). The van der Waals surface area contributed by atoms with Crippen LogP contribution >= 0.6 is 11.8 Å². The Morgan fingerprint density at radius 1 is 1.25 bits per heavy atom. The summed E-state index contributed by atoms with van der Waals surface area (Å²) in [5.74, 6) is 1.36. The molecule has 0 bridgehead atoms. The van der Waals surface area contributed by atoms with Crippen molar-refractivity contribution < 1.29 is 9.90 Å². The third kappa shape index (κ3) is 3.14. The van der Waals surface area contributed by atoms with Gasteiger partial charge in [-0.3, -0.25) is 4.79 Å². The fourth-order valence-corrected chi connectivity index (χ4v) is 4.05. The van der Waals surface area contributed by atoms with Gasteiger partial charge in [0.2, 0.25) is 0 Å². The van der Waals surface area contributed by atoms with E-state index >= 15 is 0 Å². The number of hydrogen-bond donors (Lipinski definition) is 1. The lowest BCUT2D eigenvalue weighted by Gasteiger charge is -2.44. The van der Waals surface area contributed by atoms with Crippen molar-refractivity contribution in [2.45, 2.75) is 38.1 Å². The zero-order valence-electron chi connectivity index (χ0n) is 9.73. The normalized spacial score (nSPS) is 31.0. The van der Waals surface area contributed by atoms with Crippen LogP contribution in [0, 0.1) is 5.92 Å². The van der Waals surface area contributed by atoms with E-state index < -0.39 is 5.97 Å². The molecule has 0 aromatic rings. The molecule has 2 fully saturated rings. The lowest BCUT2D eigenvalue weighted by molar-refractivity contribution is -0.133. The lowest BCUT2D eigenvalue weighted by Crippen LogP contribution is -2.48. The van der Waals surface area contributed by atoms with Crippen LogP contribution in [-0.4, -0.2) is 46.6 Å². The molecule has 3 nitrogen and oxygen atoms in total. The summed E-state index contributed by atoms with van der Waals surface area (Å²) in [5, 5.41) is 8.64. The van der Waals surface area contributed by atoms with Crippen LogP contribution in [0.2, 0.25) is 0 Å². The molecule has 0 aromatic carbocycles. The van der Waals surface area contributed by atoms with Crippen LogP contribution in [0.15, 0.2) is 0 Å². The highest BCUT2D eigenvalue weighted by molar-refractivity contribution is 7.99. The Bertz CT molecular complexity index is 245. The largest absolute Gasteiger partial charge is 0.481 e. The van der Waals surface area contributed by atoms with E-state index in [-0.39, 0.29) is 5.75 Å². The van der Waals surface area contributed by atoms with Gasteiger partial charge in [-0.2, -0.15) is 0 Å². The van der Waals surface area contributed by atoms with Gasteiger partial charge in [0.25, 0.3) is 0 Å². The third-order valence-corrected chi connectivity index (χ3v) is 4.90. The van der Waals surface area contributed by atoms with Gasteiger partial charge in [-0.15, -0.1) is 11.8 Å². The summed E-state index contributed by atoms with van der Waals surface area (Å²) < 4.78 is 0. The van der Waals surface area contributed by atoms with Gasteiger partial charge in [0, 0.05) is 6.04 Å². The van der Waals surface area contributed by atoms with Crippen molar-refractivity contribution in [2.75, 3.05) is 24.6 Å². The molecule has 92 valence electrons. The smallest absolute Gasteiger partial charge is 0.313 e. The molecule has 2 aliphatic heterocycles. The summed E-state index contributed by atoms with van der Waals surface area (Å²) in [5.41, 5.74) is 0. The average molecular weight is 243 g/mol. The van der Waals surface area contributed by atoms with Crippen molar-refractivity contribution >= 4 is 17.7 Å². The summed E-state index contributed by atoms with van der Waals surface area (Å²) in [6.07, 6.45) is 6.65. The molecule has 4 heteroatoms. The summed E-state index contributed by atoms with van der Waals surface area (Å²) in [4.78, 5) is 13.1. The number of hydrogen-bond acceptors (Lipinski definition) is 3. The number of fused-ring (bicyclic) bond motifs is 1. The molecule has 0 spiro atoms. The van der Waals surface area contributed by atoms with Crippen molar-refractivity contribution in [3.8, 4) is 0 Å². The number of rotatable bonds is 4. The summed E-state index contributed by atoms with van der Waals surface area (Å²) in [7, 11) is 0. The Balaban J connectivity index is 1.80. The minimum absolute atomic E-state index is 0.267. The second kappa shape index (κ2) is 5.92. The molecule has 16 heavy (non-hydrogen) atoms. The van der Waals surface area contributed by atoms with Crippen LogP contribution in [-0.2, 0) is 4.79 Å². The molecule has 1 N–H and O–H groups in total. The molecular formula is C12H21NO2S. The zero-order valence-corrected chi connectivity index (χ0v) is 10.5. The lowest BCUT2D eigenvalue weighted by atomic mass is 9.85. The minimum atomic E-state index is -0.679. The van der Waals surface area contributed by atoms with Crippen molar-refractivity contribution in [3.63, 3.8) is 0 Å². The minimum Gasteiger partial charge on any atom is -0.481 e. The van der Waals surface area contributed by atoms with E-state index in [1.807, 2.05) is 0 Å². The van der Waals surface area contributed by atoms with Gasteiger partial charge in [0.05, 0.1) is 5.75 Å². The van der Waals surface area contributed by atoms with Gasteiger partial charge in [-0.25, -0.2) is 0 Å². The van der Waals surface area contributed by atoms with Crippen LogP contribution in [0.25, 0.3) is 0 Å². The molecule has 2 aliphatic rings. The molecule has 0 aromatic heterocycles. The van der Waals surface area contributed by atoms with Gasteiger partial charge in [-0.1, -0.05) is 6.42 Å². The quantitative estimate of drug-likeness (QED) is 0.820. The van der Waals surface area contributed by atoms with E-state index in [1.165, 1.54) is 45.2 Å². The highest BCUT2D eigenvalue weighted by Gasteiger charge is 2.32. The number of nitrogens with zero attached hydrogens (tertiary/aromatic N) is 1. The Morgan fingerprint density at radius 3 is 2.88 bits per heavy atom. The molecule has 2 atom stereocenters. The second-order valence-electron chi connectivity index (χ2n) is 4.91. The Morgan fingerprint density at radius 2 is 2.06 bits per heavy atom. The maximum absolute atomic E-state index is 10.5. The zero-order chi connectivity index (χ0) is 11.4. The first-order valence-corrected chi connectivity index (χ1v) is 7.46. The fourth-order valence-electron chi connectivity index (χ4n) is 3.07. The topological polar surface area (TPSA) is 40.5 Å². The summed E-state index contributed by atoms with van der Waals surface area (Å²) >= 11 is 1.60. The monoisotopic (exact) mass is 243 g/mol.